The van der Waals surface area contributed by atoms with E-state index < -0.39 is 5.82 Å². The van der Waals surface area contributed by atoms with Gasteiger partial charge in [0.15, 0.2) is 11.6 Å². The number of carbonyl (C=O) groups excluding carboxylic acids is 1. The molecule has 1 rings (SSSR count). The van der Waals surface area contributed by atoms with Crippen LogP contribution in [0.25, 0.3) is 0 Å². The highest BCUT2D eigenvalue weighted by molar-refractivity contribution is 5.78. The average molecular weight is 254 g/mol. The van der Waals surface area contributed by atoms with E-state index in [0.717, 1.165) is 0 Å². The van der Waals surface area contributed by atoms with Crippen LogP contribution in [-0.2, 0) is 4.79 Å². The van der Waals surface area contributed by atoms with E-state index in [9.17, 15) is 9.18 Å². The fraction of sp³-hybridized carbons (Fsp3) is 0.462. The van der Waals surface area contributed by atoms with Gasteiger partial charge in [-0.25, -0.2) is 4.39 Å². The third-order valence-corrected chi connectivity index (χ3v) is 2.53. The van der Waals surface area contributed by atoms with Crippen LogP contribution in [0.4, 0.5) is 4.39 Å². The molecule has 0 aliphatic heterocycles. The molecule has 2 unspecified atom stereocenters. The molecule has 0 spiro atoms. The fourth-order valence-corrected chi connectivity index (χ4v) is 1.32. The molecule has 3 N–H and O–H groups in total. The third kappa shape index (κ3) is 4.33. The summed E-state index contributed by atoms with van der Waals surface area (Å²) >= 11 is 0. The van der Waals surface area contributed by atoms with Gasteiger partial charge in [0.05, 0.1) is 6.54 Å². The van der Waals surface area contributed by atoms with Crippen molar-refractivity contribution in [2.24, 2.45) is 11.7 Å². The first-order valence-electron chi connectivity index (χ1n) is 5.93. The molecular weight excluding hydrogens is 235 g/mol. The fourth-order valence-electron chi connectivity index (χ4n) is 1.32. The van der Waals surface area contributed by atoms with Crippen molar-refractivity contribution in [3.8, 4) is 5.75 Å². The van der Waals surface area contributed by atoms with Gasteiger partial charge in [-0.05, 0) is 19.1 Å². The van der Waals surface area contributed by atoms with Crippen molar-refractivity contribution in [2.45, 2.75) is 20.0 Å². The Kier molecular flexibility index (Phi) is 5.58. The molecule has 4 nitrogen and oxygen atoms in total. The lowest BCUT2D eigenvalue weighted by Crippen LogP contribution is -2.38. The molecular formula is C13H19FN2O2. The van der Waals surface area contributed by atoms with E-state index in [4.69, 9.17) is 10.5 Å². The van der Waals surface area contributed by atoms with Crippen LogP contribution in [0, 0.1) is 11.7 Å². The van der Waals surface area contributed by atoms with Crippen molar-refractivity contribution in [1.29, 1.82) is 0 Å². The highest BCUT2D eigenvalue weighted by Crippen LogP contribution is 2.16. The summed E-state index contributed by atoms with van der Waals surface area (Å²) in [6.07, 6.45) is -0.309. The molecule has 1 aromatic rings. The molecule has 1 amide bonds. The van der Waals surface area contributed by atoms with Crippen molar-refractivity contribution in [3.05, 3.63) is 30.1 Å². The lowest BCUT2D eigenvalue weighted by atomic mass is 10.1. The summed E-state index contributed by atoms with van der Waals surface area (Å²) in [6, 6.07) is 6.17. The van der Waals surface area contributed by atoms with Crippen LogP contribution in [0.1, 0.15) is 13.8 Å². The summed E-state index contributed by atoms with van der Waals surface area (Å²) in [7, 11) is 0. The van der Waals surface area contributed by atoms with Crippen LogP contribution >= 0.6 is 0 Å². The minimum Gasteiger partial charge on any atom is -0.486 e. The molecule has 0 saturated heterocycles. The maximum atomic E-state index is 13.3. The average Bonchev–Trinajstić information content (AvgIpc) is 2.37. The second-order valence-electron chi connectivity index (χ2n) is 4.24. The van der Waals surface area contributed by atoms with Crippen molar-refractivity contribution in [1.82, 2.24) is 5.32 Å². The Morgan fingerprint density at radius 3 is 2.72 bits per heavy atom. The largest absolute Gasteiger partial charge is 0.486 e. The van der Waals surface area contributed by atoms with Crippen LogP contribution in [0.5, 0.6) is 5.75 Å². The Bertz CT molecular complexity index is 398. The number of carbonyl (C=O) groups is 1. The number of ether oxygens (including phenoxy) is 1. The normalized spacial score (nSPS) is 13.8. The quantitative estimate of drug-likeness (QED) is 0.804. The number of hydrogen-bond donors (Lipinski definition) is 2. The maximum Gasteiger partial charge on any atom is 0.224 e. The Balaban J connectivity index is 2.41. The van der Waals surface area contributed by atoms with Gasteiger partial charge in [0, 0.05) is 12.5 Å². The van der Waals surface area contributed by atoms with Crippen LogP contribution in [0.3, 0.4) is 0 Å². The molecule has 0 fully saturated rings. The Morgan fingerprint density at radius 1 is 1.44 bits per heavy atom. The lowest BCUT2D eigenvalue weighted by Gasteiger charge is -2.17. The van der Waals surface area contributed by atoms with E-state index in [1.54, 1.807) is 32.0 Å². The van der Waals surface area contributed by atoms with Crippen molar-refractivity contribution in [3.63, 3.8) is 0 Å². The number of amides is 1. The molecule has 1 aromatic carbocycles. The Morgan fingerprint density at radius 2 is 2.11 bits per heavy atom. The molecule has 0 radical (unpaired) electrons. The van der Waals surface area contributed by atoms with Gasteiger partial charge in [-0.3, -0.25) is 4.79 Å². The van der Waals surface area contributed by atoms with Gasteiger partial charge < -0.3 is 15.8 Å². The van der Waals surface area contributed by atoms with Gasteiger partial charge in [0.25, 0.3) is 0 Å². The van der Waals surface area contributed by atoms with Gasteiger partial charge in [0.2, 0.25) is 5.91 Å². The minimum atomic E-state index is -0.411. The van der Waals surface area contributed by atoms with Crippen molar-refractivity contribution in [2.75, 3.05) is 13.1 Å². The number of para-hydroxylation sites is 1. The zero-order valence-electron chi connectivity index (χ0n) is 10.7. The SMILES string of the molecule is CC(CNC(=O)C(C)CN)Oc1ccccc1F. The van der Waals surface area contributed by atoms with Gasteiger partial charge in [-0.1, -0.05) is 19.1 Å². The number of benzene rings is 1. The summed E-state index contributed by atoms with van der Waals surface area (Å²) in [5, 5.41) is 2.71. The van der Waals surface area contributed by atoms with Gasteiger partial charge >= 0.3 is 0 Å². The molecule has 100 valence electrons. The number of rotatable bonds is 6. The number of nitrogens with two attached hydrogens (primary N) is 1. The highest BCUT2D eigenvalue weighted by atomic mass is 19.1. The lowest BCUT2D eigenvalue weighted by molar-refractivity contribution is -0.124. The molecule has 0 aliphatic rings. The first-order valence-corrected chi connectivity index (χ1v) is 5.93. The maximum absolute atomic E-state index is 13.3. The molecule has 0 heterocycles. The van der Waals surface area contributed by atoms with Crippen LogP contribution in [0.2, 0.25) is 0 Å². The standard InChI is InChI=1S/C13H19FN2O2/c1-9(7-15)13(17)16-8-10(2)18-12-6-4-3-5-11(12)14/h3-6,9-10H,7-8,15H2,1-2H3,(H,16,17). The van der Waals surface area contributed by atoms with E-state index >= 15 is 0 Å². The summed E-state index contributed by atoms with van der Waals surface area (Å²) < 4.78 is 18.7. The molecule has 0 saturated carbocycles. The van der Waals surface area contributed by atoms with E-state index in [0.29, 0.717) is 13.1 Å². The van der Waals surface area contributed by atoms with E-state index in [1.807, 2.05) is 0 Å². The summed E-state index contributed by atoms with van der Waals surface area (Å²) in [6.45, 7) is 4.13. The predicted molar refractivity (Wildman–Crippen MR) is 67.7 cm³/mol. The highest BCUT2D eigenvalue weighted by Gasteiger charge is 2.13. The van der Waals surface area contributed by atoms with Gasteiger partial charge in [0.1, 0.15) is 6.10 Å². The molecule has 5 heteroatoms. The van der Waals surface area contributed by atoms with Crippen LogP contribution < -0.4 is 15.8 Å². The topological polar surface area (TPSA) is 64.4 Å². The van der Waals surface area contributed by atoms with E-state index in [1.165, 1.54) is 6.07 Å². The van der Waals surface area contributed by atoms with Gasteiger partial charge in [-0.2, -0.15) is 0 Å². The number of halogens is 1. The second-order valence-corrected chi connectivity index (χ2v) is 4.24. The molecule has 18 heavy (non-hydrogen) atoms. The zero-order chi connectivity index (χ0) is 13.5. The van der Waals surface area contributed by atoms with Crippen LogP contribution in [0.15, 0.2) is 24.3 Å². The molecule has 0 bridgehead atoms. The summed E-state index contributed by atoms with van der Waals surface area (Å²) in [4.78, 5) is 11.5. The number of nitrogens with one attached hydrogen (secondary N) is 1. The van der Waals surface area contributed by atoms with E-state index in [2.05, 4.69) is 5.32 Å². The van der Waals surface area contributed by atoms with Crippen LogP contribution in [-0.4, -0.2) is 25.1 Å². The summed E-state index contributed by atoms with van der Waals surface area (Å²) in [5.41, 5.74) is 5.38. The first-order chi connectivity index (χ1) is 8.54. The van der Waals surface area contributed by atoms with Crippen molar-refractivity contribution < 1.29 is 13.9 Å². The predicted octanol–water partition coefficient (Wildman–Crippen LogP) is 1.30. The molecule has 2 atom stereocenters. The van der Waals surface area contributed by atoms with Crippen molar-refractivity contribution >= 4 is 5.91 Å². The smallest absolute Gasteiger partial charge is 0.224 e. The number of hydrogen-bond acceptors (Lipinski definition) is 3. The summed E-state index contributed by atoms with van der Waals surface area (Å²) in [5.74, 6) is -0.579. The Labute approximate surface area is 106 Å². The Hall–Kier alpha value is -1.62. The third-order valence-electron chi connectivity index (χ3n) is 2.53. The molecule has 0 aliphatic carbocycles. The monoisotopic (exact) mass is 254 g/mol. The minimum absolute atomic E-state index is 0.124. The first kappa shape index (κ1) is 14.4. The second kappa shape index (κ2) is 6.96. The zero-order valence-corrected chi connectivity index (χ0v) is 10.7. The molecule has 0 aromatic heterocycles. The van der Waals surface area contributed by atoms with E-state index in [-0.39, 0.29) is 23.7 Å². The van der Waals surface area contributed by atoms with Gasteiger partial charge in [-0.15, -0.1) is 0 Å².